The average molecular weight is 346 g/mol. The molecular weight excluding hydrogens is 333 g/mol. The van der Waals surface area contributed by atoms with Crippen LogP contribution in [0, 0.1) is 0 Å². The van der Waals surface area contributed by atoms with Crippen LogP contribution in [0.1, 0.15) is 0 Å². The fourth-order valence-corrected chi connectivity index (χ4v) is 2.41. The Kier molecular flexibility index (Phi) is 4.27. The summed E-state index contributed by atoms with van der Waals surface area (Å²) in [5.74, 6) is -1.06. The monoisotopic (exact) mass is 346 g/mol. The molecule has 0 aliphatic carbocycles. The SMILES string of the molecule is Oc1ccc(-c2ccc(-c3ccc(O)c(OC(F)(F)F)c3)cc2)cc1. The van der Waals surface area contributed by atoms with Gasteiger partial charge in [-0.1, -0.05) is 42.5 Å². The zero-order chi connectivity index (χ0) is 18.0. The molecule has 0 saturated heterocycles. The molecule has 3 rings (SSSR count). The van der Waals surface area contributed by atoms with Crippen molar-refractivity contribution in [3.8, 4) is 39.5 Å². The van der Waals surface area contributed by atoms with Gasteiger partial charge in [0, 0.05) is 0 Å². The minimum Gasteiger partial charge on any atom is -0.508 e. The molecule has 0 aliphatic rings. The van der Waals surface area contributed by atoms with Crippen LogP contribution in [-0.2, 0) is 0 Å². The highest BCUT2D eigenvalue weighted by Gasteiger charge is 2.32. The lowest BCUT2D eigenvalue weighted by molar-refractivity contribution is -0.275. The van der Waals surface area contributed by atoms with E-state index in [2.05, 4.69) is 4.74 Å². The Labute approximate surface area is 141 Å². The van der Waals surface area contributed by atoms with Gasteiger partial charge in [0.15, 0.2) is 11.5 Å². The molecule has 3 nitrogen and oxygen atoms in total. The molecule has 0 heterocycles. The molecule has 3 aromatic rings. The molecule has 0 aromatic heterocycles. The number of rotatable bonds is 3. The highest BCUT2D eigenvalue weighted by atomic mass is 19.4. The molecule has 0 atom stereocenters. The topological polar surface area (TPSA) is 49.7 Å². The van der Waals surface area contributed by atoms with Crippen molar-refractivity contribution in [2.45, 2.75) is 6.36 Å². The number of ether oxygens (including phenoxy) is 1. The third-order valence-corrected chi connectivity index (χ3v) is 3.60. The quantitative estimate of drug-likeness (QED) is 0.674. The summed E-state index contributed by atoms with van der Waals surface area (Å²) in [7, 11) is 0. The molecule has 2 N–H and O–H groups in total. The molecule has 0 aliphatic heterocycles. The smallest absolute Gasteiger partial charge is 0.508 e. The van der Waals surface area contributed by atoms with Gasteiger partial charge in [-0.2, -0.15) is 0 Å². The Morgan fingerprint density at radius 3 is 1.60 bits per heavy atom. The first-order valence-electron chi connectivity index (χ1n) is 7.30. The second kappa shape index (κ2) is 6.39. The molecule has 0 radical (unpaired) electrons. The maximum absolute atomic E-state index is 12.4. The molecular formula is C19H13F3O3. The predicted octanol–water partition coefficient (Wildman–Crippen LogP) is 5.33. The number of alkyl halides is 3. The second-order valence-corrected chi connectivity index (χ2v) is 5.35. The normalized spacial score (nSPS) is 11.3. The molecule has 128 valence electrons. The Morgan fingerprint density at radius 2 is 1.08 bits per heavy atom. The van der Waals surface area contributed by atoms with Crippen LogP contribution in [0.2, 0.25) is 0 Å². The van der Waals surface area contributed by atoms with E-state index in [-0.39, 0.29) is 5.75 Å². The van der Waals surface area contributed by atoms with Crippen LogP contribution in [0.4, 0.5) is 13.2 Å². The minimum absolute atomic E-state index is 0.168. The largest absolute Gasteiger partial charge is 0.573 e. The van der Waals surface area contributed by atoms with Gasteiger partial charge < -0.3 is 14.9 Å². The third kappa shape index (κ3) is 4.03. The average Bonchev–Trinajstić information content (AvgIpc) is 2.57. The molecule has 0 unspecified atom stereocenters. The van der Waals surface area contributed by atoms with E-state index < -0.39 is 17.9 Å². The highest BCUT2D eigenvalue weighted by Crippen LogP contribution is 2.35. The number of benzene rings is 3. The zero-order valence-corrected chi connectivity index (χ0v) is 12.8. The number of phenolic OH excluding ortho intramolecular Hbond substituents is 2. The molecule has 3 aromatic carbocycles. The first kappa shape index (κ1) is 16.7. The van der Waals surface area contributed by atoms with Gasteiger partial charge in [-0.15, -0.1) is 13.2 Å². The summed E-state index contributed by atoms with van der Waals surface area (Å²) in [5.41, 5.74) is 2.95. The fourth-order valence-electron chi connectivity index (χ4n) is 2.41. The lowest BCUT2D eigenvalue weighted by Gasteiger charge is -2.12. The Balaban J connectivity index is 1.89. The summed E-state index contributed by atoms with van der Waals surface area (Å²) < 4.78 is 40.9. The minimum atomic E-state index is -4.88. The molecule has 0 bridgehead atoms. The summed E-state index contributed by atoms with van der Waals surface area (Å²) in [6.45, 7) is 0. The third-order valence-electron chi connectivity index (χ3n) is 3.60. The van der Waals surface area contributed by atoms with Crippen molar-refractivity contribution in [2.24, 2.45) is 0 Å². The number of phenols is 2. The molecule has 25 heavy (non-hydrogen) atoms. The fraction of sp³-hybridized carbons (Fsp3) is 0.0526. The van der Waals surface area contributed by atoms with Crippen LogP contribution < -0.4 is 4.74 Å². The van der Waals surface area contributed by atoms with Crippen molar-refractivity contribution in [3.63, 3.8) is 0 Å². The van der Waals surface area contributed by atoms with Gasteiger partial charge in [0.25, 0.3) is 0 Å². The number of halogens is 3. The van der Waals surface area contributed by atoms with Gasteiger partial charge >= 0.3 is 6.36 Å². The van der Waals surface area contributed by atoms with E-state index in [0.717, 1.165) is 23.3 Å². The van der Waals surface area contributed by atoms with Crippen molar-refractivity contribution in [1.82, 2.24) is 0 Å². The van der Waals surface area contributed by atoms with Gasteiger partial charge in [-0.05, 0) is 46.5 Å². The predicted molar refractivity (Wildman–Crippen MR) is 87.3 cm³/mol. The van der Waals surface area contributed by atoms with Crippen LogP contribution in [-0.4, -0.2) is 16.6 Å². The van der Waals surface area contributed by atoms with Gasteiger partial charge in [0.1, 0.15) is 5.75 Å². The molecule has 0 fully saturated rings. The van der Waals surface area contributed by atoms with Gasteiger partial charge in [0.2, 0.25) is 0 Å². The van der Waals surface area contributed by atoms with E-state index in [0.29, 0.717) is 11.1 Å². The summed E-state index contributed by atoms with van der Waals surface area (Å²) >= 11 is 0. The molecule has 0 spiro atoms. The van der Waals surface area contributed by atoms with Crippen molar-refractivity contribution >= 4 is 0 Å². The number of hydrogen-bond acceptors (Lipinski definition) is 3. The Morgan fingerprint density at radius 1 is 0.640 bits per heavy atom. The summed E-state index contributed by atoms with van der Waals surface area (Å²) in [4.78, 5) is 0. The second-order valence-electron chi connectivity index (χ2n) is 5.35. The van der Waals surface area contributed by atoms with Crippen LogP contribution in [0.25, 0.3) is 22.3 Å². The van der Waals surface area contributed by atoms with Crippen molar-refractivity contribution in [1.29, 1.82) is 0 Å². The summed E-state index contributed by atoms with van der Waals surface area (Å²) in [5, 5.41) is 18.8. The molecule has 0 saturated carbocycles. The van der Waals surface area contributed by atoms with Crippen LogP contribution in [0.3, 0.4) is 0 Å². The first-order chi connectivity index (χ1) is 11.8. The maximum atomic E-state index is 12.4. The first-order valence-corrected chi connectivity index (χ1v) is 7.30. The standard InChI is InChI=1S/C19H13F3O3/c20-19(21,22)25-18-11-15(7-10-17(18)24)14-3-1-12(2-4-14)13-5-8-16(23)9-6-13/h1-11,23-24H. The highest BCUT2D eigenvalue weighted by molar-refractivity contribution is 5.72. The lowest BCUT2D eigenvalue weighted by Crippen LogP contribution is -2.17. The van der Waals surface area contributed by atoms with E-state index in [4.69, 9.17) is 0 Å². The number of hydrogen-bond donors (Lipinski definition) is 2. The van der Waals surface area contributed by atoms with Crippen molar-refractivity contribution in [3.05, 3.63) is 66.7 Å². The lowest BCUT2D eigenvalue weighted by atomic mass is 10.00. The Bertz CT molecular complexity index is 870. The van der Waals surface area contributed by atoms with Gasteiger partial charge in [0.05, 0.1) is 0 Å². The molecule has 0 amide bonds. The van der Waals surface area contributed by atoms with Crippen LogP contribution in [0.5, 0.6) is 17.2 Å². The van der Waals surface area contributed by atoms with Crippen molar-refractivity contribution < 1.29 is 28.1 Å². The van der Waals surface area contributed by atoms with E-state index in [1.807, 2.05) is 12.1 Å². The summed E-state index contributed by atoms with van der Waals surface area (Å²) in [6, 6.07) is 17.6. The van der Waals surface area contributed by atoms with E-state index in [1.165, 1.54) is 6.07 Å². The van der Waals surface area contributed by atoms with Crippen molar-refractivity contribution in [2.75, 3.05) is 0 Å². The van der Waals surface area contributed by atoms with Crippen LogP contribution in [0.15, 0.2) is 66.7 Å². The van der Waals surface area contributed by atoms with Gasteiger partial charge in [-0.25, -0.2) is 0 Å². The number of aromatic hydroxyl groups is 2. The molecule has 6 heteroatoms. The Hall–Kier alpha value is -3.15. The van der Waals surface area contributed by atoms with E-state index in [9.17, 15) is 23.4 Å². The van der Waals surface area contributed by atoms with E-state index in [1.54, 1.807) is 36.4 Å². The van der Waals surface area contributed by atoms with Crippen LogP contribution >= 0.6 is 0 Å². The van der Waals surface area contributed by atoms with Gasteiger partial charge in [-0.3, -0.25) is 0 Å². The zero-order valence-electron chi connectivity index (χ0n) is 12.8. The summed E-state index contributed by atoms with van der Waals surface area (Å²) in [6.07, 6.45) is -4.88. The van der Waals surface area contributed by atoms with E-state index >= 15 is 0 Å². The maximum Gasteiger partial charge on any atom is 0.573 e.